The van der Waals surface area contributed by atoms with E-state index >= 15 is 0 Å². The molecule has 2 aromatic rings. The number of nitrogens with one attached hydrogen (secondary N) is 1. The topological polar surface area (TPSA) is 48.0 Å². The molecule has 2 aromatic carbocycles. The fourth-order valence-corrected chi connectivity index (χ4v) is 5.29. The molecule has 1 saturated heterocycles. The molecule has 0 amide bonds. The van der Waals surface area contributed by atoms with Crippen molar-refractivity contribution in [2.75, 3.05) is 71.2 Å². The van der Waals surface area contributed by atoms with Crippen molar-refractivity contribution < 1.29 is 9.53 Å². The average molecular weight is 529 g/mol. The van der Waals surface area contributed by atoms with Crippen LogP contribution in [0.1, 0.15) is 36.8 Å². The molecule has 6 heteroatoms. The maximum atomic E-state index is 11.3. The van der Waals surface area contributed by atoms with Gasteiger partial charge in [0.05, 0.1) is 7.11 Å². The highest BCUT2D eigenvalue weighted by molar-refractivity contribution is 5.86. The Balaban J connectivity index is 1.41. The Kier molecular flexibility index (Phi) is 10.4. The van der Waals surface area contributed by atoms with E-state index in [-0.39, 0.29) is 5.97 Å². The SMILES string of the molecule is CNc1ccc(C(=C2C=CC(N(C)C)C=C2)c2ccc(N3CCN(CCCCCC(=O)OC)CC3)cc2)cc1. The molecule has 6 nitrogen and oxygen atoms in total. The van der Waals surface area contributed by atoms with Gasteiger partial charge in [0.25, 0.3) is 0 Å². The molecule has 0 spiro atoms. The van der Waals surface area contributed by atoms with Gasteiger partial charge in [0, 0.05) is 57.1 Å². The van der Waals surface area contributed by atoms with Gasteiger partial charge in [-0.1, -0.05) is 55.0 Å². The molecule has 1 aliphatic heterocycles. The number of hydrogen-bond acceptors (Lipinski definition) is 6. The molecular formula is C33H44N4O2. The van der Waals surface area contributed by atoms with Gasteiger partial charge in [0.15, 0.2) is 0 Å². The number of esters is 1. The van der Waals surface area contributed by atoms with Crippen LogP contribution in [-0.2, 0) is 9.53 Å². The molecule has 2 aliphatic rings. The van der Waals surface area contributed by atoms with Gasteiger partial charge in [0.2, 0.25) is 0 Å². The lowest BCUT2D eigenvalue weighted by atomic mass is 9.90. The van der Waals surface area contributed by atoms with Crippen LogP contribution in [0, 0.1) is 0 Å². The second-order valence-corrected chi connectivity index (χ2v) is 10.6. The van der Waals surface area contributed by atoms with E-state index in [1.165, 1.54) is 35.1 Å². The van der Waals surface area contributed by atoms with Crippen molar-refractivity contribution in [3.05, 3.63) is 89.5 Å². The first-order valence-electron chi connectivity index (χ1n) is 14.2. The van der Waals surface area contributed by atoms with E-state index < -0.39 is 0 Å². The lowest BCUT2D eigenvalue weighted by Crippen LogP contribution is -2.46. The lowest BCUT2D eigenvalue weighted by Gasteiger charge is -2.36. The number of anilines is 2. The Bertz CT molecular complexity index is 1140. The van der Waals surface area contributed by atoms with E-state index in [2.05, 4.69) is 107 Å². The molecule has 0 unspecified atom stereocenters. The first kappa shape index (κ1) is 28.7. The number of nitrogens with zero attached hydrogens (tertiary/aromatic N) is 3. The molecule has 0 bridgehead atoms. The van der Waals surface area contributed by atoms with E-state index in [1.54, 1.807) is 0 Å². The van der Waals surface area contributed by atoms with Gasteiger partial charge in [-0.3, -0.25) is 14.6 Å². The minimum Gasteiger partial charge on any atom is -0.469 e. The summed E-state index contributed by atoms with van der Waals surface area (Å²) in [5.74, 6) is -0.103. The summed E-state index contributed by atoms with van der Waals surface area (Å²) in [7, 11) is 7.63. The second-order valence-electron chi connectivity index (χ2n) is 10.6. The summed E-state index contributed by atoms with van der Waals surface area (Å²) in [6.45, 7) is 5.34. The van der Waals surface area contributed by atoms with Crippen LogP contribution in [0.5, 0.6) is 0 Å². The number of hydrogen-bond donors (Lipinski definition) is 1. The van der Waals surface area contributed by atoms with Crippen molar-refractivity contribution in [1.82, 2.24) is 9.80 Å². The number of methoxy groups -OCH3 is 1. The van der Waals surface area contributed by atoms with Gasteiger partial charge in [0.1, 0.15) is 0 Å². The summed E-state index contributed by atoms with van der Waals surface area (Å²) in [5.41, 5.74) is 7.34. The molecule has 0 atom stereocenters. The molecule has 0 saturated carbocycles. The zero-order valence-corrected chi connectivity index (χ0v) is 24.0. The lowest BCUT2D eigenvalue weighted by molar-refractivity contribution is -0.140. The molecule has 39 heavy (non-hydrogen) atoms. The van der Waals surface area contributed by atoms with Crippen molar-refractivity contribution >= 4 is 22.9 Å². The van der Waals surface area contributed by atoms with Gasteiger partial charge in [-0.25, -0.2) is 0 Å². The van der Waals surface area contributed by atoms with E-state index in [0.29, 0.717) is 12.5 Å². The van der Waals surface area contributed by atoms with Crippen molar-refractivity contribution in [2.45, 2.75) is 31.7 Å². The van der Waals surface area contributed by atoms with Crippen LogP contribution in [0.4, 0.5) is 11.4 Å². The Labute approximate surface area is 234 Å². The summed E-state index contributed by atoms with van der Waals surface area (Å²) < 4.78 is 4.73. The average Bonchev–Trinajstić information content (AvgIpc) is 2.98. The predicted molar refractivity (Wildman–Crippen MR) is 163 cm³/mol. The fourth-order valence-electron chi connectivity index (χ4n) is 5.29. The van der Waals surface area contributed by atoms with Crippen LogP contribution in [0.2, 0.25) is 0 Å². The first-order valence-corrected chi connectivity index (χ1v) is 14.2. The maximum Gasteiger partial charge on any atom is 0.305 e. The van der Waals surface area contributed by atoms with E-state index in [4.69, 9.17) is 4.74 Å². The molecule has 4 rings (SSSR count). The third kappa shape index (κ3) is 7.84. The molecule has 208 valence electrons. The molecule has 1 aliphatic carbocycles. The second kappa shape index (κ2) is 14.2. The molecule has 1 N–H and O–H groups in total. The number of rotatable bonds is 11. The van der Waals surface area contributed by atoms with Crippen LogP contribution in [0.25, 0.3) is 5.57 Å². The number of benzene rings is 2. The molecule has 1 heterocycles. The third-order valence-electron chi connectivity index (χ3n) is 7.77. The number of likely N-dealkylation sites (N-methyl/N-ethyl adjacent to an activating group) is 1. The highest BCUT2D eigenvalue weighted by Crippen LogP contribution is 2.32. The normalized spacial score (nSPS) is 17.5. The van der Waals surface area contributed by atoms with Crippen LogP contribution in [0.3, 0.4) is 0 Å². The van der Waals surface area contributed by atoms with Crippen LogP contribution in [0.15, 0.2) is 78.4 Å². The van der Waals surface area contributed by atoms with Crippen LogP contribution < -0.4 is 10.2 Å². The highest BCUT2D eigenvalue weighted by atomic mass is 16.5. The molecule has 1 fully saturated rings. The number of carbonyl (C=O) groups excluding carboxylic acids is 1. The number of piperazine rings is 1. The summed E-state index contributed by atoms with van der Waals surface area (Å²) in [4.78, 5) is 18.5. The maximum absolute atomic E-state index is 11.3. The summed E-state index contributed by atoms with van der Waals surface area (Å²) in [6, 6.07) is 18.1. The highest BCUT2D eigenvalue weighted by Gasteiger charge is 2.18. The summed E-state index contributed by atoms with van der Waals surface area (Å²) >= 11 is 0. The zero-order chi connectivity index (χ0) is 27.6. The molecular weight excluding hydrogens is 484 g/mol. The molecule has 0 aromatic heterocycles. The van der Waals surface area contributed by atoms with E-state index in [0.717, 1.165) is 57.7 Å². The van der Waals surface area contributed by atoms with E-state index in [9.17, 15) is 4.79 Å². The van der Waals surface area contributed by atoms with E-state index in [1.807, 2.05) is 7.05 Å². The van der Waals surface area contributed by atoms with Crippen molar-refractivity contribution in [3.63, 3.8) is 0 Å². The largest absolute Gasteiger partial charge is 0.469 e. The molecule has 0 radical (unpaired) electrons. The number of ether oxygens (including phenoxy) is 1. The smallest absolute Gasteiger partial charge is 0.305 e. The van der Waals surface area contributed by atoms with Gasteiger partial charge >= 0.3 is 5.97 Å². The predicted octanol–water partition coefficient (Wildman–Crippen LogP) is 5.44. The minimum absolute atomic E-state index is 0.103. The Morgan fingerprint density at radius 3 is 2.08 bits per heavy atom. The Morgan fingerprint density at radius 2 is 1.51 bits per heavy atom. The number of unbranched alkanes of at least 4 members (excludes halogenated alkanes) is 2. The Hall–Kier alpha value is -3.35. The van der Waals surface area contributed by atoms with Crippen molar-refractivity contribution in [2.24, 2.45) is 0 Å². The van der Waals surface area contributed by atoms with Crippen molar-refractivity contribution in [3.8, 4) is 0 Å². The fraction of sp³-hybridized carbons (Fsp3) is 0.424. The zero-order valence-electron chi connectivity index (χ0n) is 24.0. The summed E-state index contributed by atoms with van der Waals surface area (Å²) in [6.07, 6.45) is 12.7. The quantitative estimate of drug-likeness (QED) is 0.310. The van der Waals surface area contributed by atoms with Crippen molar-refractivity contribution in [1.29, 1.82) is 0 Å². The Morgan fingerprint density at radius 1 is 0.897 bits per heavy atom. The minimum atomic E-state index is -0.103. The van der Waals surface area contributed by atoms with Gasteiger partial charge in [-0.05, 0) is 80.0 Å². The van der Waals surface area contributed by atoms with Gasteiger partial charge < -0.3 is 15.0 Å². The summed E-state index contributed by atoms with van der Waals surface area (Å²) in [5, 5.41) is 3.23. The number of carbonyl (C=O) groups is 1. The van der Waals surface area contributed by atoms with Crippen LogP contribution >= 0.6 is 0 Å². The van der Waals surface area contributed by atoms with Gasteiger partial charge in [-0.15, -0.1) is 0 Å². The standard InChI is InChI=1S/C33H44N4O2/c1-34-29-15-9-26(10-16-29)33(27-11-17-30(18-12-27)35(2)3)28-13-19-31(20-14-28)37-24-22-36(23-25-37)21-7-5-6-8-32(38)39-4/h9-20,30,34H,5-8,21-25H2,1-4H3. The number of allylic oxidation sites excluding steroid dienone is 3. The van der Waals surface area contributed by atoms with Crippen LogP contribution in [-0.4, -0.2) is 82.8 Å². The monoisotopic (exact) mass is 528 g/mol. The van der Waals surface area contributed by atoms with Gasteiger partial charge in [-0.2, -0.15) is 0 Å². The first-order chi connectivity index (χ1) is 19.0. The third-order valence-corrected chi connectivity index (χ3v) is 7.77.